The third kappa shape index (κ3) is 2.77. The Morgan fingerprint density at radius 1 is 1.05 bits per heavy atom. The van der Waals surface area contributed by atoms with Crippen LogP contribution in [0.15, 0.2) is 60.8 Å². The molecule has 0 radical (unpaired) electrons. The number of hydrogen-bond acceptors (Lipinski definition) is 4. The molecule has 7 heteroatoms. The third-order valence-electron chi connectivity index (χ3n) is 3.20. The van der Waals surface area contributed by atoms with Crippen LogP contribution in [0.4, 0.5) is 11.5 Å². The van der Waals surface area contributed by atoms with Crippen molar-refractivity contribution in [2.75, 3.05) is 5.73 Å². The van der Waals surface area contributed by atoms with E-state index in [1.807, 2.05) is 30.3 Å². The highest BCUT2D eigenvalue weighted by molar-refractivity contribution is 5.85. The van der Waals surface area contributed by atoms with Crippen LogP contribution in [0.1, 0.15) is 0 Å². The Morgan fingerprint density at radius 3 is 2.27 bits per heavy atom. The number of aromatic nitrogens is 2. The summed E-state index contributed by atoms with van der Waals surface area (Å²) in [5, 5.41) is 14.9. The van der Waals surface area contributed by atoms with E-state index in [0.717, 1.165) is 11.1 Å². The first-order valence-corrected chi connectivity index (χ1v) is 6.30. The topological polar surface area (TPSA) is 87.0 Å². The number of nitrogens with zero attached hydrogens (tertiary/aromatic N) is 3. The number of hydrogen-bond donors (Lipinski definition) is 1. The smallest absolute Gasteiger partial charge is 0.269 e. The van der Waals surface area contributed by atoms with Gasteiger partial charge in [-0.3, -0.25) is 10.1 Å². The molecule has 0 spiro atoms. The number of non-ortho nitro benzene ring substituents is 1. The van der Waals surface area contributed by atoms with E-state index in [0.29, 0.717) is 11.5 Å². The zero-order valence-corrected chi connectivity index (χ0v) is 12.2. The van der Waals surface area contributed by atoms with Crippen molar-refractivity contribution in [2.24, 2.45) is 0 Å². The van der Waals surface area contributed by atoms with Gasteiger partial charge in [-0.1, -0.05) is 30.3 Å². The maximum atomic E-state index is 10.7. The minimum absolute atomic E-state index is 0. The predicted molar refractivity (Wildman–Crippen MR) is 87.3 cm³/mol. The summed E-state index contributed by atoms with van der Waals surface area (Å²) < 4.78 is 1.56. The molecule has 6 nitrogen and oxygen atoms in total. The summed E-state index contributed by atoms with van der Waals surface area (Å²) in [6.45, 7) is 0. The molecule has 0 saturated carbocycles. The Bertz CT molecular complexity index is 785. The van der Waals surface area contributed by atoms with Crippen LogP contribution < -0.4 is 5.73 Å². The SMILES string of the molecule is Cl.Nc1c(-c2ccccc2)cnn1-c1ccc([N+](=O)[O-])cc1. The molecular formula is C15H13ClN4O2. The second-order valence-corrected chi connectivity index (χ2v) is 4.49. The molecule has 3 rings (SSSR count). The maximum absolute atomic E-state index is 10.7. The average molecular weight is 317 g/mol. The normalized spacial score (nSPS) is 10.0. The summed E-state index contributed by atoms with van der Waals surface area (Å²) in [7, 11) is 0. The number of anilines is 1. The van der Waals surface area contributed by atoms with E-state index in [1.54, 1.807) is 23.0 Å². The van der Waals surface area contributed by atoms with Crippen LogP contribution in [-0.2, 0) is 0 Å². The van der Waals surface area contributed by atoms with Gasteiger partial charge in [0, 0.05) is 17.7 Å². The number of nitrogen functional groups attached to an aromatic ring is 1. The van der Waals surface area contributed by atoms with Crippen LogP contribution >= 0.6 is 12.4 Å². The summed E-state index contributed by atoms with van der Waals surface area (Å²) in [5.74, 6) is 0.495. The van der Waals surface area contributed by atoms with Crippen molar-refractivity contribution in [1.29, 1.82) is 0 Å². The molecular weight excluding hydrogens is 304 g/mol. The second-order valence-electron chi connectivity index (χ2n) is 4.49. The lowest BCUT2D eigenvalue weighted by atomic mass is 10.1. The molecule has 3 aromatic rings. The number of halogens is 1. The molecule has 0 fully saturated rings. The molecule has 0 aliphatic rings. The Labute approximate surface area is 132 Å². The molecule has 0 aliphatic heterocycles. The molecule has 2 aromatic carbocycles. The van der Waals surface area contributed by atoms with E-state index in [9.17, 15) is 10.1 Å². The van der Waals surface area contributed by atoms with Crippen LogP contribution in [0.2, 0.25) is 0 Å². The highest BCUT2D eigenvalue weighted by Crippen LogP contribution is 2.27. The van der Waals surface area contributed by atoms with Gasteiger partial charge in [-0.25, -0.2) is 4.68 Å². The lowest BCUT2D eigenvalue weighted by Crippen LogP contribution is -2.02. The fourth-order valence-corrected chi connectivity index (χ4v) is 2.12. The van der Waals surface area contributed by atoms with Crippen molar-refractivity contribution >= 4 is 23.9 Å². The van der Waals surface area contributed by atoms with Crippen molar-refractivity contribution in [3.8, 4) is 16.8 Å². The Kier molecular flexibility index (Phi) is 4.43. The maximum Gasteiger partial charge on any atom is 0.269 e. The van der Waals surface area contributed by atoms with E-state index in [-0.39, 0.29) is 18.1 Å². The van der Waals surface area contributed by atoms with Crippen molar-refractivity contribution in [3.63, 3.8) is 0 Å². The quantitative estimate of drug-likeness (QED) is 0.592. The summed E-state index contributed by atoms with van der Waals surface area (Å²) in [6.07, 6.45) is 1.69. The molecule has 0 bridgehead atoms. The number of nitrogens with two attached hydrogens (primary N) is 1. The fraction of sp³-hybridized carbons (Fsp3) is 0. The lowest BCUT2D eigenvalue weighted by molar-refractivity contribution is -0.384. The van der Waals surface area contributed by atoms with Gasteiger partial charge in [0.1, 0.15) is 5.82 Å². The van der Waals surface area contributed by atoms with Gasteiger partial charge in [-0.2, -0.15) is 5.10 Å². The number of benzene rings is 2. The predicted octanol–water partition coefficient (Wildman–Crippen LogP) is 3.45. The van der Waals surface area contributed by atoms with Crippen molar-refractivity contribution in [2.45, 2.75) is 0 Å². The lowest BCUT2D eigenvalue weighted by Gasteiger charge is -2.05. The first-order chi connectivity index (χ1) is 10.2. The van der Waals surface area contributed by atoms with Gasteiger partial charge >= 0.3 is 0 Å². The van der Waals surface area contributed by atoms with E-state index in [2.05, 4.69) is 5.10 Å². The van der Waals surface area contributed by atoms with E-state index in [1.165, 1.54) is 12.1 Å². The Hall–Kier alpha value is -2.86. The van der Waals surface area contributed by atoms with Gasteiger partial charge in [-0.15, -0.1) is 12.4 Å². The third-order valence-corrected chi connectivity index (χ3v) is 3.20. The van der Waals surface area contributed by atoms with E-state index >= 15 is 0 Å². The van der Waals surface area contributed by atoms with Gasteiger partial charge in [0.05, 0.1) is 16.8 Å². The zero-order chi connectivity index (χ0) is 14.8. The van der Waals surface area contributed by atoms with E-state index in [4.69, 9.17) is 5.73 Å². The molecule has 0 amide bonds. The summed E-state index contributed by atoms with van der Waals surface area (Å²) >= 11 is 0. The summed E-state index contributed by atoms with van der Waals surface area (Å²) in [5.41, 5.74) is 8.65. The van der Waals surface area contributed by atoms with Crippen molar-refractivity contribution in [1.82, 2.24) is 9.78 Å². The van der Waals surface area contributed by atoms with Gasteiger partial charge in [0.15, 0.2) is 0 Å². The molecule has 1 aromatic heterocycles. The second kappa shape index (κ2) is 6.28. The first-order valence-electron chi connectivity index (χ1n) is 6.30. The van der Waals surface area contributed by atoms with Crippen LogP contribution in [-0.4, -0.2) is 14.7 Å². The minimum Gasteiger partial charge on any atom is -0.383 e. The van der Waals surface area contributed by atoms with Crippen LogP contribution in [0.25, 0.3) is 16.8 Å². The summed E-state index contributed by atoms with van der Waals surface area (Å²) in [6, 6.07) is 15.8. The number of nitro benzene ring substituents is 1. The first kappa shape index (κ1) is 15.5. The van der Waals surface area contributed by atoms with Crippen LogP contribution in [0, 0.1) is 10.1 Å². The monoisotopic (exact) mass is 316 g/mol. The molecule has 0 atom stereocenters. The average Bonchev–Trinajstić information content (AvgIpc) is 2.90. The largest absolute Gasteiger partial charge is 0.383 e. The highest BCUT2D eigenvalue weighted by atomic mass is 35.5. The van der Waals surface area contributed by atoms with Gasteiger partial charge in [0.25, 0.3) is 5.69 Å². The van der Waals surface area contributed by atoms with Gasteiger partial charge < -0.3 is 5.73 Å². The Balaban J connectivity index is 0.00000176. The molecule has 2 N–H and O–H groups in total. The molecule has 0 unspecified atom stereocenters. The fourth-order valence-electron chi connectivity index (χ4n) is 2.12. The Morgan fingerprint density at radius 2 is 1.68 bits per heavy atom. The van der Waals surface area contributed by atoms with Gasteiger partial charge in [-0.05, 0) is 17.7 Å². The minimum atomic E-state index is -0.439. The highest BCUT2D eigenvalue weighted by Gasteiger charge is 2.12. The number of nitro groups is 1. The molecule has 1 heterocycles. The van der Waals surface area contributed by atoms with Crippen LogP contribution in [0.5, 0.6) is 0 Å². The standard InChI is InChI=1S/C15H12N4O2.ClH/c16-15-14(11-4-2-1-3-5-11)10-17-18(15)12-6-8-13(9-7-12)19(20)21;/h1-10H,16H2;1H. The van der Waals surface area contributed by atoms with Crippen molar-refractivity contribution in [3.05, 3.63) is 70.9 Å². The van der Waals surface area contributed by atoms with Gasteiger partial charge in [0.2, 0.25) is 0 Å². The van der Waals surface area contributed by atoms with Crippen LogP contribution in [0.3, 0.4) is 0 Å². The zero-order valence-electron chi connectivity index (χ0n) is 11.4. The number of rotatable bonds is 3. The van der Waals surface area contributed by atoms with E-state index < -0.39 is 4.92 Å². The summed E-state index contributed by atoms with van der Waals surface area (Å²) in [4.78, 5) is 10.2. The molecule has 0 saturated heterocycles. The van der Waals surface area contributed by atoms with Crippen molar-refractivity contribution < 1.29 is 4.92 Å². The molecule has 0 aliphatic carbocycles. The molecule has 22 heavy (non-hydrogen) atoms. The molecule has 112 valence electrons.